The van der Waals surface area contributed by atoms with Crippen molar-refractivity contribution in [3.05, 3.63) is 0 Å². The third-order valence-corrected chi connectivity index (χ3v) is 10.2. The Morgan fingerprint density at radius 3 is 2.15 bits per heavy atom. The molecule has 0 aromatic carbocycles. The Hall–Kier alpha value is 0. The average Bonchev–Trinajstić information content (AvgIpc) is 2.34. The summed E-state index contributed by atoms with van der Waals surface area (Å²) in [6.45, 7) is 20.6. The molecule has 0 aliphatic heterocycles. The van der Waals surface area contributed by atoms with Crippen molar-refractivity contribution in [3.8, 4) is 0 Å². The van der Waals surface area contributed by atoms with Crippen molar-refractivity contribution >= 4 is 0 Å². The monoisotopic (exact) mass is 274 g/mol. The first-order valence-corrected chi connectivity index (χ1v) is 9.01. The second-order valence-electron chi connectivity index (χ2n) is 10.6. The minimum absolute atomic E-state index is 0.585. The fourth-order valence-electron chi connectivity index (χ4n) is 9.51. The predicted octanol–water partition coefficient (Wildman–Crippen LogP) is 5.77. The van der Waals surface area contributed by atoms with Crippen LogP contribution in [-0.2, 0) is 0 Å². The van der Waals surface area contributed by atoms with Crippen LogP contribution in [0.2, 0.25) is 0 Å². The second kappa shape index (κ2) is 3.04. The molecule has 4 aliphatic rings. The van der Waals surface area contributed by atoms with Crippen molar-refractivity contribution in [1.29, 1.82) is 0 Å². The molecule has 0 aromatic heterocycles. The van der Waals surface area contributed by atoms with Gasteiger partial charge in [0.1, 0.15) is 0 Å². The van der Waals surface area contributed by atoms with E-state index in [9.17, 15) is 0 Å². The van der Waals surface area contributed by atoms with Gasteiger partial charge in [0.05, 0.1) is 0 Å². The Bertz CT molecular complexity index is 492. The average molecular weight is 274 g/mol. The first-order chi connectivity index (χ1) is 9.01. The van der Waals surface area contributed by atoms with E-state index in [1.54, 1.807) is 0 Å². The number of fused-ring (bicyclic) bond motifs is 7. The van der Waals surface area contributed by atoms with Crippen LogP contribution in [0.5, 0.6) is 0 Å². The van der Waals surface area contributed by atoms with Gasteiger partial charge in [-0.2, -0.15) is 0 Å². The van der Waals surface area contributed by atoms with E-state index in [2.05, 4.69) is 55.4 Å². The zero-order valence-electron chi connectivity index (χ0n) is 14.9. The third-order valence-electron chi connectivity index (χ3n) is 10.2. The van der Waals surface area contributed by atoms with E-state index < -0.39 is 0 Å². The van der Waals surface area contributed by atoms with Crippen molar-refractivity contribution in [2.24, 2.45) is 50.7 Å². The van der Waals surface area contributed by atoms with Crippen LogP contribution in [0, 0.1) is 50.7 Å². The van der Waals surface area contributed by atoms with Crippen LogP contribution in [0.25, 0.3) is 0 Å². The smallest absolute Gasteiger partial charge is 0.0152 e. The summed E-state index contributed by atoms with van der Waals surface area (Å²) >= 11 is 0. The molecule has 4 aliphatic carbocycles. The maximum atomic E-state index is 2.68. The van der Waals surface area contributed by atoms with Gasteiger partial charge in [-0.3, -0.25) is 0 Å². The van der Waals surface area contributed by atoms with Crippen LogP contribution in [0.4, 0.5) is 0 Å². The van der Waals surface area contributed by atoms with Crippen LogP contribution in [0.15, 0.2) is 0 Å². The van der Waals surface area contributed by atoms with E-state index in [-0.39, 0.29) is 0 Å². The standard InChI is InChI=1S/C20H34/c1-12(2)10-16(4)11-17(5)15-14-9-13(3)18(14,6)19(15,7)20(16,17)8/h12-15H,9-11H2,1-8H3. The molecule has 0 amide bonds. The maximum Gasteiger partial charge on any atom is -0.0152 e. The Labute approximate surface area is 126 Å². The highest BCUT2D eigenvalue weighted by Crippen LogP contribution is 3.01. The van der Waals surface area contributed by atoms with Crippen LogP contribution in [-0.4, -0.2) is 0 Å². The van der Waals surface area contributed by atoms with Crippen molar-refractivity contribution < 1.29 is 0 Å². The summed E-state index contributed by atoms with van der Waals surface area (Å²) in [5.74, 6) is 3.90. The van der Waals surface area contributed by atoms with Gasteiger partial charge in [0.25, 0.3) is 0 Å². The minimum atomic E-state index is 0.585. The van der Waals surface area contributed by atoms with Gasteiger partial charge in [-0.1, -0.05) is 55.4 Å². The number of rotatable bonds is 2. The van der Waals surface area contributed by atoms with Crippen molar-refractivity contribution in [3.63, 3.8) is 0 Å². The zero-order chi connectivity index (χ0) is 14.9. The number of hydrogen-bond acceptors (Lipinski definition) is 0. The molecule has 4 rings (SSSR count). The lowest BCUT2D eigenvalue weighted by Gasteiger charge is -3.00. The molecule has 20 heavy (non-hydrogen) atoms. The predicted molar refractivity (Wildman–Crippen MR) is 85.4 cm³/mol. The first kappa shape index (κ1) is 13.6. The Morgan fingerprint density at radius 1 is 1.05 bits per heavy atom. The molecule has 0 N–H and O–H groups in total. The summed E-state index contributed by atoms with van der Waals surface area (Å²) in [5, 5.41) is 0. The van der Waals surface area contributed by atoms with E-state index in [0.717, 1.165) is 23.7 Å². The molecule has 0 saturated heterocycles. The third kappa shape index (κ3) is 0.834. The van der Waals surface area contributed by atoms with E-state index in [1.165, 1.54) is 19.3 Å². The molecule has 0 bridgehead atoms. The van der Waals surface area contributed by atoms with Gasteiger partial charge >= 0.3 is 0 Å². The fraction of sp³-hybridized carbons (Fsp3) is 1.00. The van der Waals surface area contributed by atoms with E-state index in [4.69, 9.17) is 0 Å². The lowest BCUT2D eigenvalue weighted by atomic mass is 9.03. The highest BCUT2D eigenvalue weighted by Gasteiger charge is 2.96. The normalized spacial score (nSPS) is 69.8. The molecular formula is C20H34. The van der Waals surface area contributed by atoms with Gasteiger partial charge in [0.2, 0.25) is 0 Å². The molecule has 0 heteroatoms. The summed E-state index contributed by atoms with van der Waals surface area (Å²) in [6.07, 6.45) is 4.44. The van der Waals surface area contributed by atoms with Crippen LogP contribution in [0.1, 0.15) is 74.7 Å². The fourth-order valence-corrected chi connectivity index (χ4v) is 9.51. The zero-order valence-corrected chi connectivity index (χ0v) is 14.9. The van der Waals surface area contributed by atoms with Gasteiger partial charge < -0.3 is 0 Å². The molecule has 0 spiro atoms. The molecule has 0 aromatic rings. The largest absolute Gasteiger partial charge is 0.0628 e. The first-order valence-electron chi connectivity index (χ1n) is 9.01. The molecular weight excluding hydrogens is 240 g/mol. The van der Waals surface area contributed by atoms with Gasteiger partial charge in [0, 0.05) is 0 Å². The van der Waals surface area contributed by atoms with Gasteiger partial charge in [-0.25, -0.2) is 0 Å². The van der Waals surface area contributed by atoms with Crippen molar-refractivity contribution in [2.45, 2.75) is 74.7 Å². The summed E-state index contributed by atoms with van der Waals surface area (Å²) in [4.78, 5) is 0. The molecule has 4 saturated carbocycles. The molecule has 4 fully saturated rings. The van der Waals surface area contributed by atoms with Gasteiger partial charge in [-0.05, 0) is 70.0 Å². The lowest BCUT2D eigenvalue weighted by molar-refractivity contribution is -0.533. The van der Waals surface area contributed by atoms with Crippen molar-refractivity contribution in [2.75, 3.05) is 0 Å². The van der Waals surface area contributed by atoms with E-state index in [1.807, 2.05) is 0 Å². The molecule has 8 atom stereocenters. The van der Waals surface area contributed by atoms with Crippen LogP contribution < -0.4 is 0 Å². The van der Waals surface area contributed by atoms with E-state index in [0.29, 0.717) is 27.1 Å². The minimum Gasteiger partial charge on any atom is -0.0628 e. The van der Waals surface area contributed by atoms with Crippen LogP contribution in [0.3, 0.4) is 0 Å². The summed E-state index contributed by atoms with van der Waals surface area (Å²) in [6, 6.07) is 0. The van der Waals surface area contributed by atoms with Gasteiger partial charge in [0.15, 0.2) is 0 Å². The molecule has 114 valence electrons. The molecule has 8 unspecified atom stereocenters. The molecule has 0 radical (unpaired) electrons. The molecule has 0 heterocycles. The van der Waals surface area contributed by atoms with Crippen LogP contribution >= 0.6 is 0 Å². The topological polar surface area (TPSA) is 0 Å². The number of hydrogen-bond donors (Lipinski definition) is 0. The Kier molecular flexibility index (Phi) is 2.07. The quantitative estimate of drug-likeness (QED) is 0.600. The SMILES string of the molecule is CC(C)CC1(C)CC2(C)C3C4CC(C)C4(C)C3(C)C12C. The van der Waals surface area contributed by atoms with Gasteiger partial charge in [-0.15, -0.1) is 0 Å². The summed E-state index contributed by atoms with van der Waals surface area (Å²) < 4.78 is 0. The second-order valence-corrected chi connectivity index (χ2v) is 10.6. The molecule has 0 nitrogen and oxygen atoms in total. The maximum absolute atomic E-state index is 2.68. The lowest BCUT2D eigenvalue weighted by Crippen LogP contribution is -2.96. The highest BCUT2D eigenvalue weighted by molar-refractivity contribution is 5.43. The Balaban J connectivity index is 1.76. The summed E-state index contributed by atoms with van der Waals surface area (Å²) in [5.41, 5.74) is 3.12. The van der Waals surface area contributed by atoms with E-state index >= 15 is 0 Å². The highest BCUT2D eigenvalue weighted by atomic mass is 15.0. The Morgan fingerprint density at radius 2 is 1.65 bits per heavy atom. The van der Waals surface area contributed by atoms with Crippen molar-refractivity contribution in [1.82, 2.24) is 0 Å². The summed E-state index contributed by atoms with van der Waals surface area (Å²) in [7, 11) is 0.